The van der Waals surface area contributed by atoms with Crippen LogP contribution >= 0.6 is 9.39 Å². The summed E-state index contributed by atoms with van der Waals surface area (Å²) < 4.78 is 2.26. The van der Waals surface area contributed by atoms with Gasteiger partial charge in [-0.15, -0.1) is 9.39 Å². The normalized spacial score (nSPS) is 18.0. The fraction of sp³-hybridized carbons (Fsp3) is 0.382. The number of amides is 1. The predicted molar refractivity (Wildman–Crippen MR) is 177 cm³/mol. The zero-order valence-electron chi connectivity index (χ0n) is 24.3. The van der Waals surface area contributed by atoms with Gasteiger partial charge in [-0.1, -0.05) is 86.3 Å². The van der Waals surface area contributed by atoms with Gasteiger partial charge in [-0.25, -0.2) is 0 Å². The SMILES string of the molecule is C=S(=C)(C)N(CCC)c1cc(NCC2CC2C)cc(C(=O)N[C@@H](Cc2ccccc2)[C@@H](N)Cc2ccccc2)c1. The van der Waals surface area contributed by atoms with Gasteiger partial charge in [0, 0.05) is 42.1 Å². The van der Waals surface area contributed by atoms with Crippen LogP contribution in [0.3, 0.4) is 0 Å². The maximum atomic E-state index is 13.9. The first-order chi connectivity index (χ1) is 19.1. The van der Waals surface area contributed by atoms with Crippen molar-refractivity contribution in [2.45, 2.75) is 51.6 Å². The molecule has 3 aromatic carbocycles. The van der Waals surface area contributed by atoms with Crippen LogP contribution in [-0.4, -0.2) is 49.1 Å². The van der Waals surface area contributed by atoms with E-state index in [-0.39, 0.29) is 18.0 Å². The molecule has 2 unspecified atom stereocenters. The number of anilines is 2. The molecule has 214 valence electrons. The molecule has 3 aromatic rings. The van der Waals surface area contributed by atoms with Gasteiger partial charge in [-0.3, -0.25) is 4.79 Å². The average molecular weight is 559 g/mol. The minimum atomic E-state index is -1.52. The third-order valence-corrected chi connectivity index (χ3v) is 9.17. The highest BCUT2D eigenvalue weighted by Gasteiger charge is 2.32. The zero-order valence-corrected chi connectivity index (χ0v) is 25.1. The van der Waals surface area contributed by atoms with Crippen molar-refractivity contribution in [3.8, 4) is 0 Å². The molecule has 5 nitrogen and oxygen atoms in total. The summed E-state index contributed by atoms with van der Waals surface area (Å²) in [6, 6.07) is 26.1. The Morgan fingerprint density at radius 2 is 1.62 bits per heavy atom. The summed E-state index contributed by atoms with van der Waals surface area (Å²) in [4.78, 5) is 13.9. The number of rotatable bonds is 14. The molecule has 0 radical (unpaired) electrons. The van der Waals surface area contributed by atoms with Gasteiger partial charge in [0.2, 0.25) is 0 Å². The van der Waals surface area contributed by atoms with Gasteiger partial charge < -0.3 is 20.7 Å². The first-order valence-electron chi connectivity index (χ1n) is 14.4. The fourth-order valence-corrected chi connectivity index (χ4v) is 6.42. The number of hydrogen-bond donors (Lipinski definition) is 3. The van der Waals surface area contributed by atoms with Gasteiger partial charge >= 0.3 is 0 Å². The third-order valence-electron chi connectivity index (χ3n) is 7.72. The molecule has 1 aliphatic carbocycles. The van der Waals surface area contributed by atoms with E-state index in [4.69, 9.17) is 5.73 Å². The van der Waals surface area contributed by atoms with Gasteiger partial charge in [0.25, 0.3) is 5.91 Å². The lowest BCUT2D eigenvalue weighted by atomic mass is 9.94. The van der Waals surface area contributed by atoms with Crippen LogP contribution in [0.5, 0.6) is 0 Å². The molecule has 1 aliphatic rings. The summed E-state index contributed by atoms with van der Waals surface area (Å²) in [5.41, 5.74) is 11.7. The lowest BCUT2D eigenvalue weighted by Crippen LogP contribution is -2.50. The zero-order chi connectivity index (χ0) is 28.7. The second-order valence-electron chi connectivity index (χ2n) is 11.6. The molecule has 0 aromatic heterocycles. The molecule has 40 heavy (non-hydrogen) atoms. The largest absolute Gasteiger partial charge is 0.385 e. The molecule has 0 spiro atoms. The second-order valence-corrected chi connectivity index (χ2v) is 14.5. The summed E-state index contributed by atoms with van der Waals surface area (Å²) >= 11 is 0. The molecule has 4 N–H and O–H groups in total. The lowest BCUT2D eigenvalue weighted by molar-refractivity contribution is 0.0930. The van der Waals surface area contributed by atoms with Crippen molar-refractivity contribution in [3.05, 3.63) is 95.6 Å². The quantitative estimate of drug-likeness (QED) is 0.209. The van der Waals surface area contributed by atoms with Crippen molar-refractivity contribution < 1.29 is 4.79 Å². The summed E-state index contributed by atoms with van der Waals surface area (Å²) in [6.45, 7) is 6.19. The van der Waals surface area contributed by atoms with Crippen LogP contribution in [0, 0.1) is 11.8 Å². The van der Waals surface area contributed by atoms with E-state index in [0.29, 0.717) is 24.3 Å². The Labute approximate surface area is 241 Å². The summed E-state index contributed by atoms with van der Waals surface area (Å²) in [5.74, 6) is 10.1. The molecule has 4 atom stereocenters. The maximum absolute atomic E-state index is 13.9. The highest BCUT2D eigenvalue weighted by atomic mass is 32.2. The smallest absolute Gasteiger partial charge is 0.251 e. The highest BCUT2D eigenvalue weighted by molar-refractivity contribution is 8.28. The molecular weight excluding hydrogens is 512 g/mol. The van der Waals surface area contributed by atoms with Crippen molar-refractivity contribution >= 4 is 38.4 Å². The summed E-state index contributed by atoms with van der Waals surface area (Å²) in [6.07, 6.45) is 5.65. The number of nitrogens with zero attached hydrogens (tertiary/aromatic N) is 1. The van der Waals surface area contributed by atoms with E-state index in [1.165, 1.54) is 6.42 Å². The van der Waals surface area contributed by atoms with E-state index in [1.807, 2.05) is 48.5 Å². The monoisotopic (exact) mass is 558 g/mol. The summed E-state index contributed by atoms with van der Waals surface area (Å²) in [5, 5.41) is 6.92. The van der Waals surface area contributed by atoms with Gasteiger partial charge in [-0.05, 0) is 73.1 Å². The molecule has 0 aliphatic heterocycles. The number of carbonyl (C=O) groups is 1. The Bertz CT molecular complexity index is 1360. The van der Waals surface area contributed by atoms with Crippen LogP contribution in [-0.2, 0) is 12.8 Å². The fourth-order valence-electron chi connectivity index (χ4n) is 5.19. The van der Waals surface area contributed by atoms with Crippen LogP contribution in [0.2, 0.25) is 0 Å². The second kappa shape index (κ2) is 13.4. The van der Waals surface area contributed by atoms with Crippen molar-refractivity contribution in [3.63, 3.8) is 0 Å². The Morgan fingerprint density at radius 3 is 2.17 bits per heavy atom. The molecule has 4 rings (SSSR count). The molecular formula is C34H46N4OS. The first-order valence-corrected chi connectivity index (χ1v) is 16.7. The van der Waals surface area contributed by atoms with E-state index < -0.39 is 9.39 Å². The lowest BCUT2D eigenvalue weighted by Gasteiger charge is -2.31. The Morgan fingerprint density at radius 1 is 1.02 bits per heavy atom. The predicted octanol–water partition coefficient (Wildman–Crippen LogP) is 6.10. The van der Waals surface area contributed by atoms with Gasteiger partial charge in [-0.2, -0.15) is 0 Å². The summed E-state index contributed by atoms with van der Waals surface area (Å²) in [7, 11) is -1.52. The number of hydrogen-bond acceptors (Lipinski definition) is 4. The molecule has 1 fully saturated rings. The van der Waals surface area contributed by atoms with Crippen LogP contribution in [0.1, 0.15) is 48.2 Å². The topological polar surface area (TPSA) is 70.4 Å². The molecule has 1 amide bonds. The Balaban J connectivity index is 1.62. The minimum absolute atomic E-state index is 0.115. The number of carbonyl (C=O) groups excluding carboxylic acids is 1. The van der Waals surface area contributed by atoms with Crippen LogP contribution < -0.4 is 20.7 Å². The first kappa shape index (κ1) is 29.8. The molecule has 0 bridgehead atoms. The van der Waals surface area contributed by atoms with E-state index in [0.717, 1.165) is 47.9 Å². The van der Waals surface area contributed by atoms with Crippen LogP contribution in [0.15, 0.2) is 78.9 Å². The van der Waals surface area contributed by atoms with E-state index >= 15 is 0 Å². The number of nitrogens with two attached hydrogens (primary N) is 1. The van der Waals surface area contributed by atoms with E-state index in [2.05, 4.69) is 77.1 Å². The minimum Gasteiger partial charge on any atom is -0.385 e. The van der Waals surface area contributed by atoms with E-state index in [9.17, 15) is 4.79 Å². The number of nitrogens with one attached hydrogen (secondary N) is 2. The molecule has 1 saturated carbocycles. The Hall–Kier alpha value is -3.22. The molecule has 0 heterocycles. The van der Waals surface area contributed by atoms with Gasteiger partial charge in [0.15, 0.2) is 0 Å². The van der Waals surface area contributed by atoms with Crippen molar-refractivity contribution in [2.75, 3.05) is 29.0 Å². The van der Waals surface area contributed by atoms with Gasteiger partial charge in [0.05, 0.1) is 0 Å². The molecule has 6 heteroatoms. The maximum Gasteiger partial charge on any atom is 0.251 e. The van der Waals surface area contributed by atoms with E-state index in [1.54, 1.807) is 0 Å². The van der Waals surface area contributed by atoms with Crippen LogP contribution in [0.4, 0.5) is 11.4 Å². The van der Waals surface area contributed by atoms with Gasteiger partial charge in [0.1, 0.15) is 0 Å². The Kier molecular flexibility index (Phi) is 9.99. The number of benzene rings is 3. The van der Waals surface area contributed by atoms with Crippen LogP contribution in [0.25, 0.3) is 0 Å². The van der Waals surface area contributed by atoms with Crippen molar-refractivity contribution in [2.24, 2.45) is 17.6 Å². The average Bonchev–Trinajstić information content (AvgIpc) is 3.65. The van der Waals surface area contributed by atoms with Crippen molar-refractivity contribution in [1.29, 1.82) is 0 Å². The highest BCUT2D eigenvalue weighted by Crippen LogP contribution is 2.38. The standard InChI is InChI=1S/C34H46N4OS/c1-6-17-38(40(3,4)5)31-22-28(21-30(23-31)36-24-29-18-25(29)2)34(39)37-33(20-27-15-11-8-12-16-27)32(35)19-26-13-9-7-10-14-26/h7-16,21-23,25,29,32-33,36H,3-4,6,17-20,24,35H2,1-2,5H3,(H,37,39)/t25?,29?,32-,33-/m0/s1. The van der Waals surface area contributed by atoms with Crippen molar-refractivity contribution in [1.82, 2.24) is 5.32 Å². The molecule has 0 saturated heterocycles. The third kappa shape index (κ3) is 8.39.